The van der Waals surface area contributed by atoms with Crippen molar-refractivity contribution < 1.29 is 0 Å². The first-order valence-electron chi connectivity index (χ1n) is 4.12. The van der Waals surface area contributed by atoms with Crippen molar-refractivity contribution in [1.82, 2.24) is 4.37 Å². The molecule has 72 valence electrons. The van der Waals surface area contributed by atoms with Gasteiger partial charge in [0.2, 0.25) is 0 Å². The summed E-state index contributed by atoms with van der Waals surface area (Å²) in [4.78, 5) is 3.96. The maximum atomic E-state index is 5.31. The van der Waals surface area contributed by atoms with E-state index >= 15 is 0 Å². The lowest BCUT2D eigenvalue weighted by atomic mass is 10.2. The molecule has 0 unspecified atom stereocenters. The van der Waals surface area contributed by atoms with Gasteiger partial charge >= 0.3 is 0 Å². The van der Waals surface area contributed by atoms with Crippen LogP contribution in [0.5, 0.6) is 0 Å². The van der Waals surface area contributed by atoms with Crippen LogP contribution in [-0.2, 0) is 0 Å². The Labute approximate surface area is 85.4 Å². The Bertz CT molecular complexity index is 496. The summed E-state index contributed by atoms with van der Waals surface area (Å²) in [6.45, 7) is 2.02. The Morgan fingerprint density at radius 2 is 2.21 bits per heavy atom. The maximum absolute atomic E-state index is 5.31. The lowest BCUT2D eigenvalue weighted by Gasteiger charge is -1.93. The first-order valence-corrected chi connectivity index (χ1v) is 4.90. The van der Waals surface area contributed by atoms with E-state index in [1.165, 1.54) is 17.1 Å². The van der Waals surface area contributed by atoms with Crippen LogP contribution in [0.2, 0.25) is 0 Å². The Morgan fingerprint density at radius 1 is 1.43 bits per heavy atom. The minimum Gasteiger partial charge on any atom is -0.370 e. The van der Waals surface area contributed by atoms with Crippen LogP contribution in [0.25, 0.3) is 10.1 Å². The molecule has 4 nitrogen and oxygen atoms in total. The van der Waals surface area contributed by atoms with E-state index in [9.17, 15) is 0 Å². The van der Waals surface area contributed by atoms with Crippen molar-refractivity contribution in [3.63, 3.8) is 0 Å². The Balaban J connectivity index is 2.67. The smallest absolute Gasteiger partial charge is 0.192 e. The van der Waals surface area contributed by atoms with Gasteiger partial charge in [0.15, 0.2) is 11.8 Å². The van der Waals surface area contributed by atoms with Gasteiger partial charge in [0.25, 0.3) is 0 Å². The summed E-state index contributed by atoms with van der Waals surface area (Å²) in [7, 11) is 0. The van der Waals surface area contributed by atoms with E-state index in [0.717, 1.165) is 10.1 Å². The number of hydrogen-bond acceptors (Lipinski definition) is 3. The zero-order valence-electron chi connectivity index (χ0n) is 7.69. The number of nitrogens with zero attached hydrogens (tertiary/aromatic N) is 2. The van der Waals surface area contributed by atoms with Gasteiger partial charge in [-0.3, -0.25) is 0 Å². The molecule has 0 bridgehead atoms. The van der Waals surface area contributed by atoms with Gasteiger partial charge in [-0.15, -0.1) is 0 Å². The first-order chi connectivity index (χ1) is 6.66. The summed E-state index contributed by atoms with van der Waals surface area (Å²) < 4.78 is 5.26. The molecule has 1 aromatic heterocycles. The number of benzene rings is 1. The SMILES string of the molecule is Cc1ccc2snc(N=C(N)N)c2c1. The number of fused-ring (bicyclic) bond motifs is 1. The second-order valence-electron chi connectivity index (χ2n) is 3.04. The molecule has 5 heteroatoms. The van der Waals surface area contributed by atoms with E-state index in [4.69, 9.17) is 11.5 Å². The first kappa shape index (κ1) is 8.96. The van der Waals surface area contributed by atoms with Crippen LogP contribution in [0.3, 0.4) is 0 Å². The van der Waals surface area contributed by atoms with Gasteiger partial charge in [-0.05, 0) is 30.6 Å². The summed E-state index contributed by atoms with van der Waals surface area (Å²) in [6, 6.07) is 6.09. The molecule has 14 heavy (non-hydrogen) atoms. The van der Waals surface area contributed by atoms with Crippen molar-refractivity contribution in [3.05, 3.63) is 23.8 Å². The van der Waals surface area contributed by atoms with Gasteiger partial charge in [0.05, 0.1) is 4.70 Å². The Kier molecular flexibility index (Phi) is 2.09. The lowest BCUT2D eigenvalue weighted by molar-refractivity contribution is 1.38. The van der Waals surface area contributed by atoms with Crippen LogP contribution < -0.4 is 11.5 Å². The molecule has 1 heterocycles. The fourth-order valence-corrected chi connectivity index (χ4v) is 1.94. The topological polar surface area (TPSA) is 77.3 Å². The largest absolute Gasteiger partial charge is 0.370 e. The molecule has 2 rings (SSSR count). The van der Waals surface area contributed by atoms with Gasteiger partial charge in [-0.25, -0.2) is 0 Å². The van der Waals surface area contributed by atoms with Crippen molar-refractivity contribution in [2.45, 2.75) is 6.92 Å². The van der Waals surface area contributed by atoms with Gasteiger partial charge in [0.1, 0.15) is 0 Å². The number of nitrogens with two attached hydrogens (primary N) is 2. The van der Waals surface area contributed by atoms with E-state index in [1.54, 1.807) is 0 Å². The second kappa shape index (κ2) is 3.26. The Hall–Kier alpha value is -1.62. The monoisotopic (exact) mass is 206 g/mol. The van der Waals surface area contributed by atoms with Crippen molar-refractivity contribution in [1.29, 1.82) is 0 Å². The zero-order chi connectivity index (χ0) is 10.1. The number of hydrogen-bond donors (Lipinski definition) is 2. The molecule has 4 N–H and O–H groups in total. The van der Waals surface area contributed by atoms with Gasteiger partial charge in [0, 0.05) is 5.39 Å². The zero-order valence-corrected chi connectivity index (χ0v) is 8.51. The van der Waals surface area contributed by atoms with Crippen molar-refractivity contribution in [2.24, 2.45) is 16.5 Å². The van der Waals surface area contributed by atoms with Crippen LogP contribution in [-0.4, -0.2) is 10.3 Å². The summed E-state index contributed by atoms with van der Waals surface area (Å²) in [5, 5.41) is 1.00. The number of aromatic nitrogens is 1. The predicted octanol–water partition coefficient (Wildman–Crippen LogP) is 1.51. The van der Waals surface area contributed by atoms with E-state index in [2.05, 4.69) is 9.37 Å². The highest BCUT2D eigenvalue weighted by molar-refractivity contribution is 7.13. The maximum Gasteiger partial charge on any atom is 0.192 e. The highest BCUT2D eigenvalue weighted by atomic mass is 32.1. The fourth-order valence-electron chi connectivity index (χ4n) is 1.24. The molecule has 0 aliphatic rings. The number of aliphatic imine (C=N–C) groups is 1. The molecular weight excluding hydrogens is 196 g/mol. The molecule has 0 fully saturated rings. The van der Waals surface area contributed by atoms with Crippen LogP contribution in [0.4, 0.5) is 5.82 Å². The van der Waals surface area contributed by atoms with Crippen LogP contribution in [0.1, 0.15) is 5.56 Å². The van der Waals surface area contributed by atoms with Crippen molar-refractivity contribution in [2.75, 3.05) is 0 Å². The third-order valence-electron chi connectivity index (χ3n) is 1.84. The molecule has 0 spiro atoms. The molecular formula is C9H10N4S. The minimum atomic E-state index is 0.0405. The second-order valence-corrected chi connectivity index (χ2v) is 3.85. The van der Waals surface area contributed by atoms with Crippen molar-refractivity contribution >= 4 is 33.4 Å². The van der Waals surface area contributed by atoms with E-state index in [1.807, 2.05) is 25.1 Å². The molecule has 0 amide bonds. The number of guanidine groups is 1. The molecule has 0 atom stereocenters. The standard InChI is InChI=1S/C9H10N4S/c1-5-2-3-7-6(4-5)8(13-14-7)12-9(10)11/h2-4H,1H3,(H4,10,11,12,13). The van der Waals surface area contributed by atoms with Gasteiger partial charge < -0.3 is 11.5 Å². The predicted molar refractivity (Wildman–Crippen MR) is 59.8 cm³/mol. The average Bonchev–Trinajstić information content (AvgIpc) is 2.47. The summed E-state index contributed by atoms with van der Waals surface area (Å²) in [5.74, 6) is 0.646. The molecule has 0 radical (unpaired) electrons. The molecule has 0 aliphatic carbocycles. The third kappa shape index (κ3) is 1.54. The lowest BCUT2D eigenvalue weighted by Crippen LogP contribution is -2.21. The number of rotatable bonds is 1. The van der Waals surface area contributed by atoms with Crippen molar-refractivity contribution in [3.8, 4) is 0 Å². The van der Waals surface area contributed by atoms with Gasteiger partial charge in [-0.2, -0.15) is 9.37 Å². The molecule has 0 aliphatic heterocycles. The molecule has 1 aromatic carbocycles. The summed E-state index contributed by atoms with van der Waals surface area (Å²) in [5.41, 5.74) is 11.8. The molecule has 0 saturated heterocycles. The minimum absolute atomic E-state index is 0.0405. The van der Waals surface area contributed by atoms with Crippen LogP contribution >= 0.6 is 11.5 Å². The molecule has 0 saturated carbocycles. The van der Waals surface area contributed by atoms with Crippen LogP contribution in [0, 0.1) is 6.92 Å². The molecule has 2 aromatic rings. The third-order valence-corrected chi connectivity index (χ3v) is 2.66. The van der Waals surface area contributed by atoms with Gasteiger partial charge in [-0.1, -0.05) is 11.6 Å². The van der Waals surface area contributed by atoms with E-state index in [-0.39, 0.29) is 5.96 Å². The van der Waals surface area contributed by atoms with Crippen LogP contribution in [0.15, 0.2) is 23.2 Å². The quantitative estimate of drug-likeness (QED) is 0.548. The summed E-state index contributed by atoms with van der Waals surface area (Å²) >= 11 is 1.40. The normalized spacial score (nSPS) is 10.4. The average molecular weight is 206 g/mol. The summed E-state index contributed by atoms with van der Waals surface area (Å²) in [6.07, 6.45) is 0. The fraction of sp³-hybridized carbons (Fsp3) is 0.111. The highest BCUT2D eigenvalue weighted by Gasteiger charge is 2.04. The van der Waals surface area contributed by atoms with E-state index < -0.39 is 0 Å². The van der Waals surface area contributed by atoms with E-state index in [0.29, 0.717) is 5.82 Å². The highest BCUT2D eigenvalue weighted by Crippen LogP contribution is 2.29. The number of aryl methyl sites for hydroxylation is 1. The Morgan fingerprint density at radius 3 is 2.93 bits per heavy atom.